The van der Waals surface area contributed by atoms with Gasteiger partial charge in [0.25, 0.3) is 0 Å². The smallest absolute Gasteiger partial charge is 0.192 e. The third kappa shape index (κ3) is 7.97. The number of hydrogen-bond acceptors (Lipinski definition) is 2. The highest BCUT2D eigenvalue weighted by Crippen LogP contribution is 2.09. The highest BCUT2D eigenvalue weighted by molar-refractivity contribution is 5.79. The second-order valence-electron chi connectivity index (χ2n) is 5.02. The minimum atomic E-state index is 0.464. The number of nitrogens with zero attached hydrogens (tertiary/aromatic N) is 2. The van der Waals surface area contributed by atoms with Crippen molar-refractivity contribution in [2.24, 2.45) is 10.9 Å². The Balaban J connectivity index is 4.43. The summed E-state index contributed by atoms with van der Waals surface area (Å²) in [6.45, 7) is 8.65. The highest BCUT2D eigenvalue weighted by Gasteiger charge is 2.12. The molecule has 0 saturated heterocycles. The summed E-state index contributed by atoms with van der Waals surface area (Å²) in [5, 5.41) is 6.29. The SMILES string of the molecule is C#CCNC(=NCC(CC(C)C)N(C)C)NCC. The molecular weight excluding hydrogens is 224 g/mol. The molecule has 0 saturated carbocycles. The standard InChI is InChI=1S/C14H28N4/c1-7-9-16-14(15-8-2)17-11-13(18(5)6)10-12(3)4/h1,12-13H,8-11H2,2-6H3,(H2,15,16,17). The van der Waals surface area contributed by atoms with Gasteiger partial charge < -0.3 is 15.5 Å². The van der Waals surface area contributed by atoms with Crippen LogP contribution in [0, 0.1) is 18.3 Å². The number of rotatable bonds is 7. The zero-order chi connectivity index (χ0) is 14.0. The lowest BCUT2D eigenvalue weighted by Gasteiger charge is -2.24. The molecule has 0 aliphatic carbocycles. The molecule has 18 heavy (non-hydrogen) atoms. The fraction of sp³-hybridized carbons (Fsp3) is 0.786. The molecule has 1 atom stereocenters. The van der Waals surface area contributed by atoms with Crippen LogP contribution >= 0.6 is 0 Å². The van der Waals surface area contributed by atoms with Crippen molar-refractivity contribution in [3.05, 3.63) is 0 Å². The van der Waals surface area contributed by atoms with E-state index in [0.29, 0.717) is 18.5 Å². The zero-order valence-corrected chi connectivity index (χ0v) is 12.5. The van der Waals surface area contributed by atoms with E-state index in [1.165, 1.54) is 0 Å². The first-order valence-electron chi connectivity index (χ1n) is 6.63. The maximum absolute atomic E-state index is 5.24. The van der Waals surface area contributed by atoms with Crippen molar-refractivity contribution in [2.75, 3.05) is 33.7 Å². The van der Waals surface area contributed by atoms with Crippen LogP contribution < -0.4 is 10.6 Å². The van der Waals surface area contributed by atoms with Gasteiger partial charge >= 0.3 is 0 Å². The predicted octanol–water partition coefficient (Wildman–Crippen LogP) is 1.15. The number of nitrogens with one attached hydrogen (secondary N) is 2. The lowest BCUT2D eigenvalue weighted by Crippen LogP contribution is -2.39. The van der Waals surface area contributed by atoms with Crippen molar-refractivity contribution >= 4 is 5.96 Å². The molecule has 0 fully saturated rings. The molecule has 0 aromatic heterocycles. The van der Waals surface area contributed by atoms with Crippen LogP contribution in [0.5, 0.6) is 0 Å². The van der Waals surface area contributed by atoms with Gasteiger partial charge in [0.05, 0.1) is 13.1 Å². The highest BCUT2D eigenvalue weighted by atomic mass is 15.2. The van der Waals surface area contributed by atoms with E-state index in [9.17, 15) is 0 Å². The van der Waals surface area contributed by atoms with Gasteiger partial charge in [0, 0.05) is 12.6 Å². The quantitative estimate of drug-likeness (QED) is 0.406. The average Bonchev–Trinajstić information content (AvgIpc) is 2.30. The number of aliphatic imine (C=N–C) groups is 1. The van der Waals surface area contributed by atoms with Crippen LogP contribution in [0.4, 0.5) is 0 Å². The monoisotopic (exact) mass is 252 g/mol. The van der Waals surface area contributed by atoms with Gasteiger partial charge in [0.15, 0.2) is 5.96 Å². The predicted molar refractivity (Wildman–Crippen MR) is 79.7 cm³/mol. The number of terminal acetylenes is 1. The lowest BCUT2D eigenvalue weighted by atomic mass is 10.0. The van der Waals surface area contributed by atoms with Gasteiger partial charge in [-0.2, -0.15) is 0 Å². The Morgan fingerprint density at radius 3 is 2.44 bits per heavy atom. The van der Waals surface area contributed by atoms with E-state index >= 15 is 0 Å². The largest absolute Gasteiger partial charge is 0.357 e. The topological polar surface area (TPSA) is 39.7 Å². The number of likely N-dealkylation sites (N-methyl/N-ethyl adjacent to an activating group) is 1. The molecule has 0 aromatic rings. The Morgan fingerprint density at radius 2 is 2.00 bits per heavy atom. The van der Waals surface area contributed by atoms with Crippen molar-refractivity contribution in [1.82, 2.24) is 15.5 Å². The van der Waals surface area contributed by atoms with Gasteiger partial charge in [-0.3, -0.25) is 4.99 Å². The van der Waals surface area contributed by atoms with Crippen LogP contribution in [0.1, 0.15) is 27.2 Å². The minimum absolute atomic E-state index is 0.464. The van der Waals surface area contributed by atoms with E-state index in [-0.39, 0.29) is 0 Å². The average molecular weight is 252 g/mol. The molecule has 0 radical (unpaired) electrons. The minimum Gasteiger partial charge on any atom is -0.357 e. The molecule has 104 valence electrons. The first-order valence-corrected chi connectivity index (χ1v) is 6.63. The van der Waals surface area contributed by atoms with E-state index in [0.717, 1.165) is 25.5 Å². The number of guanidine groups is 1. The Kier molecular flexibility index (Phi) is 9.13. The fourth-order valence-corrected chi connectivity index (χ4v) is 1.67. The second-order valence-corrected chi connectivity index (χ2v) is 5.02. The molecule has 0 aliphatic heterocycles. The van der Waals surface area contributed by atoms with Gasteiger partial charge in [-0.25, -0.2) is 0 Å². The third-order valence-corrected chi connectivity index (χ3v) is 2.64. The molecule has 4 heteroatoms. The summed E-state index contributed by atoms with van der Waals surface area (Å²) in [6, 6.07) is 0.464. The summed E-state index contributed by atoms with van der Waals surface area (Å²) in [4.78, 5) is 6.81. The van der Waals surface area contributed by atoms with Crippen molar-refractivity contribution in [1.29, 1.82) is 0 Å². The zero-order valence-electron chi connectivity index (χ0n) is 12.5. The summed E-state index contributed by atoms with van der Waals surface area (Å²) in [6.07, 6.45) is 6.38. The molecule has 0 bridgehead atoms. The fourth-order valence-electron chi connectivity index (χ4n) is 1.67. The van der Waals surface area contributed by atoms with Crippen LogP contribution in [0.3, 0.4) is 0 Å². The summed E-state index contributed by atoms with van der Waals surface area (Å²) >= 11 is 0. The van der Waals surface area contributed by atoms with Crippen molar-refractivity contribution in [3.8, 4) is 12.3 Å². The van der Waals surface area contributed by atoms with Crippen LogP contribution in [0.2, 0.25) is 0 Å². The summed E-state index contributed by atoms with van der Waals surface area (Å²) < 4.78 is 0. The molecule has 0 aliphatic rings. The molecule has 4 nitrogen and oxygen atoms in total. The van der Waals surface area contributed by atoms with Gasteiger partial charge in [-0.1, -0.05) is 19.8 Å². The normalized spacial score (nSPS) is 13.6. The Bertz CT molecular complexity index is 276. The van der Waals surface area contributed by atoms with Gasteiger partial charge in [0.1, 0.15) is 0 Å². The molecule has 0 spiro atoms. The van der Waals surface area contributed by atoms with Crippen LogP contribution in [0.15, 0.2) is 4.99 Å². The van der Waals surface area contributed by atoms with Gasteiger partial charge in [-0.15, -0.1) is 6.42 Å². The third-order valence-electron chi connectivity index (χ3n) is 2.64. The van der Waals surface area contributed by atoms with Crippen LogP contribution in [-0.4, -0.2) is 50.6 Å². The van der Waals surface area contributed by atoms with E-state index in [4.69, 9.17) is 6.42 Å². The van der Waals surface area contributed by atoms with Crippen LogP contribution in [0.25, 0.3) is 0 Å². The van der Waals surface area contributed by atoms with Crippen molar-refractivity contribution < 1.29 is 0 Å². The Hall–Kier alpha value is -1.21. The summed E-state index contributed by atoms with van der Waals surface area (Å²) in [7, 11) is 4.20. The van der Waals surface area contributed by atoms with Crippen molar-refractivity contribution in [2.45, 2.75) is 33.2 Å². The molecule has 2 N–H and O–H groups in total. The van der Waals surface area contributed by atoms with Crippen LogP contribution in [-0.2, 0) is 0 Å². The Morgan fingerprint density at radius 1 is 1.33 bits per heavy atom. The summed E-state index contributed by atoms with van der Waals surface area (Å²) in [5.41, 5.74) is 0. The van der Waals surface area contributed by atoms with E-state index in [2.05, 4.69) is 54.4 Å². The molecule has 0 amide bonds. The summed E-state index contributed by atoms with van der Waals surface area (Å²) in [5.74, 6) is 4.03. The molecular formula is C14H28N4. The van der Waals surface area contributed by atoms with E-state index in [1.54, 1.807) is 0 Å². The first-order chi connectivity index (χ1) is 8.51. The maximum Gasteiger partial charge on any atom is 0.192 e. The lowest BCUT2D eigenvalue weighted by molar-refractivity contribution is 0.261. The molecule has 0 aromatic carbocycles. The van der Waals surface area contributed by atoms with Gasteiger partial charge in [-0.05, 0) is 33.4 Å². The first kappa shape index (κ1) is 16.8. The molecule has 1 unspecified atom stereocenters. The second kappa shape index (κ2) is 9.78. The molecule has 0 rings (SSSR count). The number of hydrogen-bond donors (Lipinski definition) is 2. The van der Waals surface area contributed by atoms with E-state index in [1.807, 2.05) is 6.92 Å². The van der Waals surface area contributed by atoms with Crippen molar-refractivity contribution in [3.63, 3.8) is 0 Å². The Labute approximate surface area is 112 Å². The molecule has 0 heterocycles. The van der Waals surface area contributed by atoms with E-state index < -0.39 is 0 Å². The maximum atomic E-state index is 5.24. The van der Waals surface area contributed by atoms with Gasteiger partial charge in [0.2, 0.25) is 0 Å².